The van der Waals surface area contributed by atoms with Crippen LogP contribution in [0.25, 0.3) is 0 Å². The first-order valence-electron chi connectivity index (χ1n) is 6.75. The summed E-state index contributed by atoms with van der Waals surface area (Å²) < 4.78 is 5.19. The topological polar surface area (TPSA) is 12.5 Å². The Balaban J connectivity index is 2.06. The lowest BCUT2D eigenvalue weighted by atomic mass is 10.0. The fourth-order valence-corrected chi connectivity index (χ4v) is 2.59. The SMILES string of the molecule is COc1ccc(N(C)CC(CS)c2ccccc2)cc1. The van der Waals surface area contributed by atoms with Crippen molar-refractivity contribution in [1.82, 2.24) is 0 Å². The quantitative estimate of drug-likeness (QED) is 0.810. The summed E-state index contributed by atoms with van der Waals surface area (Å²) in [6.07, 6.45) is 0. The second-order valence-electron chi connectivity index (χ2n) is 4.87. The zero-order chi connectivity index (χ0) is 14.4. The molecule has 20 heavy (non-hydrogen) atoms. The molecular weight excluding hydrogens is 266 g/mol. The van der Waals surface area contributed by atoms with Gasteiger partial charge in [0.05, 0.1) is 7.11 Å². The predicted molar refractivity (Wildman–Crippen MR) is 89.3 cm³/mol. The predicted octanol–water partition coefficient (Wildman–Crippen LogP) is 3.85. The Morgan fingerprint density at radius 3 is 2.25 bits per heavy atom. The summed E-state index contributed by atoms with van der Waals surface area (Å²) in [5, 5.41) is 0. The normalized spacial score (nSPS) is 11.9. The minimum absolute atomic E-state index is 0.423. The van der Waals surface area contributed by atoms with Crippen molar-refractivity contribution >= 4 is 18.3 Å². The van der Waals surface area contributed by atoms with E-state index in [0.29, 0.717) is 5.92 Å². The van der Waals surface area contributed by atoms with E-state index in [-0.39, 0.29) is 0 Å². The Labute approximate surface area is 126 Å². The molecular formula is C17H21NOS. The van der Waals surface area contributed by atoms with E-state index in [1.807, 2.05) is 18.2 Å². The van der Waals surface area contributed by atoms with E-state index >= 15 is 0 Å². The largest absolute Gasteiger partial charge is 0.497 e. The van der Waals surface area contributed by atoms with Crippen molar-refractivity contribution in [2.75, 3.05) is 31.4 Å². The van der Waals surface area contributed by atoms with E-state index in [1.165, 1.54) is 11.3 Å². The van der Waals surface area contributed by atoms with Crippen molar-refractivity contribution in [2.24, 2.45) is 0 Å². The van der Waals surface area contributed by atoms with Gasteiger partial charge in [-0.15, -0.1) is 0 Å². The molecule has 106 valence electrons. The lowest BCUT2D eigenvalue weighted by Crippen LogP contribution is -2.25. The van der Waals surface area contributed by atoms with Crippen LogP contribution in [0.15, 0.2) is 54.6 Å². The van der Waals surface area contributed by atoms with Crippen LogP contribution in [0.4, 0.5) is 5.69 Å². The summed E-state index contributed by atoms with van der Waals surface area (Å²) in [6, 6.07) is 18.7. The van der Waals surface area contributed by atoms with Gasteiger partial charge in [-0.2, -0.15) is 12.6 Å². The Morgan fingerprint density at radius 2 is 1.70 bits per heavy atom. The monoisotopic (exact) mass is 287 g/mol. The average Bonchev–Trinajstić information content (AvgIpc) is 2.53. The molecule has 0 amide bonds. The van der Waals surface area contributed by atoms with E-state index in [4.69, 9.17) is 4.74 Å². The Bertz CT molecular complexity index is 512. The Hall–Kier alpha value is -1.61. The molecule has 0 fully saturated rings. The lowest BCUT2D eigenvalue weighted by molar-refractivity contribution is 0.415. The first-order chi connectivity index (χ1) is 9.74. The summed E-state index contributed by atoms with van der Waals surface area (Å²) >= 11 is 4.50. The molecule has 2 rings (SSSR count). The first-order valence-corrected chi connectivity index (χ1v) is 7.39. The minimum Gasteiger partial charge on any atom is -0.497 e. The molecule has 0 aliphatic rings. The summed E-state index contributed by atoms with van der Waals surface area (Å²) in [5.41, 5.74) is 2.52. The van der Waals surface area contributed by atoms with Crippen LogP contribution in [-0.4, -0.2) is 26.5 Å². The number of ether oxygens (including phenoxy) is 1. The van der Waals surface area contributed by atoms with E-state index in [9.17, 15) is 0 Å². The molecule has 1 atom stereocenters. The Morgan fingerprint density at radius 1 is 1.05 bits per heavy atom. The molecule has 0 radical (unpaired) electrons. The number of benzene rings is 2. The molecule has 0 aromatic heterocycles. The third kappa shape index (κ3) is 3.70. The van der Waals surface area contributed by atoms with Crippen molar-refractivity contribution in [2.45, 2.75) is 5.92 Å². The fraction of sp³-hybridized carbons (Fsp3) is 0.294. The molecule has 0 heterocycles. The van der Waals surface area contributed by atoms with Gasteiger partial charge in [0, 0.05) is 25.2 Å². The highest BCUT2D eigenvalue weighted by Gasteiger charge is 2.12. The number of thiol groups is 1. The van der Waals surface area contributed by atoms with Gasteiger partial charge < -0.3 is 9.64 Å². The van der Waals surface area contributed by atoms with Gasteiger partial charge in [0.15, 0.2) is 0 Å². The molecule has 0 N–H and O–H groups in total. The smallest absolute Gasteiger partial charge is 0.119 e. The number of methoxy groups -OCH3 is 1. The van der Waals surface area contributed by atoms with Gasteiger partial charge >= 0.3 is 0 Å². The zero-order valence-corrected chi connectivity index (χ0v) is 12.9. The van der Waals surface area contributed by atoms with Crippen LogP contribution in [0.1, 0.15) is 11.5 Å². The van der Waals surface area contributed by atoms with E-state index in [0.717, 1.165) is 18.0 Å². The highest BCUT2D eigenvalue weighted by atomic mass is 32.1. The maximum Gasteiger partial charge on any atom is 0.119 e. The third-order valence-corrected chi connectivity index (χ3v) is 3.94. The number of hydrogen-bond acceptors (Lipinski definition) is 3. The molecule has 0 bridgehead atoms. The zero-order valence-electron chi connectivity index (χ0n) is 12.0. The highest BCUT2D eigenvalue weighted by Crippen LogP contribution is 2.23. The molecule has 2 aromatic carbocycles. The molecule has 2 aromatic rings. The van der Waals surface area contributed by atoms with Gasteiger partial charge in [-0.1, -0.05) is 30.3 Å². The molecule has 2 nitrogen and oxygen atoms in total. The maximum absolute atomic E-state index is 5.19. The second kappa shape index (κ2) is 7.25. The summed E-state index contributed by atoms with van der Waals surface area (Å²) in [5.74, 6) is 2.15. The van der Waals surface area contributed by atoms with Gasteiger partial charge in [-0.3, -0.25) is 0 Å². The van der Waals surface area contributed by atoms with Crippen LogP contribution in [0.2, 0.25) is 0 Å². The fourth-order valence-electron chi connectivity index (χ4n) is 2.27. The lowest BCUT2D eigenvalue weighted by Gasteiger charge is -2.25. The van der Waals surface area contributed by atoms with E-state index in [2.05, 4.69) is 61.0 Å². The van der Waals surface area contributed by atoms with Gasteiger partial charge in [-0.05, 0) is 35.6 Å². The third-order valence-electron chi connectivity index (χ3n) is 3.50. The van der Waals surface area contributed by atoms with Gasteiger partial charge in [0.1, 0.15) is 5.75 Å². The molecule has 0 spiro atoms. The highest BCUT2D eigenvalue weighted by molar-refractivity contribution is 7.80. The van der Waals surface area contributed by atoms with Gasteiger partial charge in [0.2, 0.25) is 0 Å². The van der Waals surface area contributed by atoms with Crippen LogP contribution >= 0.6 is 12.6 Å². The molecule has 0 aliphatic heterocycles. The maximum atomic E-state index is 5.19. The summed E-state index contributed by atoms with van der Waals surface area (Å²) in [6.45, 7) is 0.944. The van der Waals surface area contributed by atoms with Crippen LogP contribution in [0, 0.1) is 0 Å². The number of anilines is 1. The second-order valence-corrected chi connectivity index (χ2v) is 5.23. The van der Waals surface area contributed by atoms with E-state index in [1.54, 1.807) is 7.11 Å². The molecule has 0 saturated heterocycles. The molecule has 0 saturated carbocycles. The van der Waals surface area contributed by atoms with Crippen molar-refractivity contribution in [3.05, 3.63) is 60.2 Å². The van der Waals surface area contributed by atoms with Crippen LogP contribution in [0.3, 0.4) is 0 Å². The van der Waals surface area contributed by atoms with Crippen molar-refractivity contribution < 1.29 is 4.74 Å². The van der Waals surface area contributed by atoms with Gasteiger partial charge in [-0.25, -0.2) is 0 Å². The van der Waals surface area contributed by atoms with Crippen molar-refractivity contribution in [3.63, 3.8) is 0 Å². The first kappa shape index (κ1) is 14.8. The van der Waals surface area contributed by atoms with Gasteiger partial charge in [0.25, 0.3) is 0 Å². The van der Waals surface area contributed by atoms with E-state index < -0.39 is 0 Å². The van der Waals surface area contributed by atoms with Crippen LogP contribution in [-0.2, 0) is 0 Å². The van der Waals surface area contributed by atoms with Crippen molar-refractivity contribution in [1.29, 1.82) is 0 Å². The molecule has 0 aliphatic carbocycles. The van der Waals surface area contributed by atoms with Crippen LogP contribution < -0.4 is 9.64 Å². The number of hydrogen-bond donors (Lipinski definition) is 1. The van der Waals surface area contributed by atoms with Crippen molar-refractivity contribution in [3.8, 4) is 5.75 Å². The molecule has 1 unspecified atom stereocenters. The number of nitrogens with zero attached hydrogens (tertiary/aromatic N) is 1. The van der Waals surface area contributed by atoms with Crippen LogP contribution in [0.5, 0.6) is 5.75 Å². The standard InChI is InChI=1S/C17H21NOS/c1-18(16-8-10-17(19-2)11-9-16)12-15(13-20)14-6-4-3-5-7-14/h3-11,15,20H,12-13H2,1-2H3. The summed E-state index contributed by atoms with van der Waals surface area (Å²) in [7, 11) is 3.80. The number of likely N-dealkylation sites (N-methyl/N-ethyl adjacent to an activating group) is 1. The minimum atomic E-state index is 0.423. The number of rotatable bonds is 6. The summed E-state index contributed by atoms with van der Waals surface area (Å²) in [4.78, 5) is 2.26. The average molecular weight is 287 g/mol. The molecule has 3 heteroatoms. The Kier molecular flexibility index (Phi) is 5.36.